The molecule has 2 amide bonds. The van der Waals surface area contributed by atoms with Crippen LogP contribution in [0, 0.1) is 5.92 Å². The molecule has 1 aliphatic heterocycles. The van der Waals surface area contributed by atoms with Crippen molar-refractivity contribution in [2.75, 3.05) is 18.5 Å². The molecule has 0 spiro atoms. The van der Waals surface area contributed by atoms with Crippen LogP contribution in [0.2, 0.25) is 0 Å². The molecule has 0 radical (unpaired) electrons. The number of anilines is 1. The van der Waals surface area contributed by atoms with Gasteiger partial charge in [-0.2, -0.15) is 0 Å². The number of benzene rings is 2. The molecule has 0 saturated carbocycles. The van der Waals surface area contributed by atoms with Crippen LogP contribution in [0.25, 0.3) is 16.9 Å². The van der Waals surface area contributed by atoms with E-state index in [9.17, 15) is 27.9 Å². The molecule has 8 nitrogen and oxygen atoms in total. The van der Waals surface area contributed by atoms with E-state index in [1.54, 1.807) is 42.5 Å². The molecule has 190 valence electrons. The molecular formula is C25H25F3N4O4. The number of rotatable bonds is 9. The first-order chi connectivity index (χ1) is 17.1. The fourth-order valence-corrected chi connectivity index (χ4v) is 3.83. The number of hydrogen-bond acceptors (Lipinski definition) is 5. The number of aromatic hydroxyl groups is 1. The minimum atomic E-state index is -3.33. The Hall–Kier alpha value is -3.86. The Balaban J connectivity index is 1.64. The highest BCUT2D eigenvalue weighted by Crippen LogP contribution is 2.29. The number of carbonyl (C=O) groups is 2. The maximum Gasteiger partial charge on any atom is 0.273 e. The van der Waals surface area contributed by atoms with Gasteiger partial charge in [0.1, 0.15) is 18.5 Å². The Labute approximate surface area is 205 Å². The maximum absolute atomic E-state index is 13.5. The van der Waals surface area contributed by atoms with Crippen LogP contribution in [0.3, 0.4) is 0 Å². The number of nitrogens with zero attached hydrogens (tertiary/aromatic N) is 2. The van der Waals surface area contributed by atoms with E-state index < -0.39 is 24.6 Å². The van der Waals surface area contributed by atoms with Gasteiger partial charge in [-0.15, -0.1) is 5.10 Å². The van der Waals surface area contributed by atoms with E-state index in [-0.39, 0.29) is 43.0 Å². The first-order valence-electron chi connectivity index (χ1n) is 11.3. The van der Waals surface area contributed by atoms with Crippen LogP contribution in [0.1, 0.15) is 18.9 Å². The zero-order valence-corrected chi connectivity index (χ0v) is 19.4. The third kappa shape index (κ3) is 5.85. The third-order valence-corrected chi connectivity index (χ3v) is 5.76. The van der Waals surface area contributed by atoms with E-state index >= 15 is 0 Å². The van der Waals surface area contributed by atoms with Crippen molar-refractivity contribution in [3.05, 3.63) is 60.2 Å². The summed E-state index contributed by atoms with van der Waals surface area (Å²) < 4.78 is 46.6. The molecule has 2 aromatic carbocycles. The Morgan fingerprint density at radius 1 is 1.28 bits per heavy atom. The number of carbonyl (C=O) groups excluding carboxylic acids is 2. The highest BCUT2D eigenvalue weighted by Gasteiger charge is 2.35. The van der Waals surface area contributed by atoms with Gasteiger partial charge < -0.3 is 20.5 Å². The molecule has 4 rings (SSSR count). The first kappa shape index (κ1) is 25.2. The fraction of sp³-hybridized carbons (Fsp3) is 0.320. The first-order valence-corrected chi connectivity index (χ1v) is 11.3. The van der Waals surface area contributed by atoms with Gasteiger partial charge in [0.25, 0.3) is 5.92 Å². The van der Waals surface area contributed by atoms with Crippen LogP contribution in [-0.4, -0.2) is 51.9 Å². The minimum absolute atomic E-state index is 0.00925. The summed E-state index contributed by atoms with van der Waals surface area (Å²) in [5.41, 5.74) is 2.18. The summed E-state index contributed by atoms with van der Waals surface area (Å²) >= 11 is 0. The van der Waals surface area contributed by atoms with E-state index in [1.165, 1.54) is 16.8 Å². The van der Waals surface area contributed by atoms with Crippen LogP contribution >= 0.6 is 0 Å². The molecule has 2 atom stereocenters. The van der Waals surface area contributed by atoms with E-state index in [0.29, 0.717) is 29.4 Å². The zero-order valence-electron chi connectivity index (χ0n) is 19.4. The number of alkyl halides is 3. The number of aromatic nitrogens is 2. The molecule has 1 aliphatic rings. The van der Waals surface area contributed by atoms with E-state index in [2.05, 4.69) is 15.7 Å². The molecule has 0 aliphatic carbocycles. The number of phenolic OH excluding ortho intramolecular Hbond substituents is 1. The summed E-state index contributed by atoms with van der Waals surface area (Å²) in [7, 11) is 0. The minimum Gasteiger partial charge on any atom is -0.508 e. The molecule has 1 fully saturated rings. The second-order valence-corrected chi connectivity index (χ2v) is 8.65. The van der Waals surface area contributed by atoms with E-state index in [4.69, 9.17) is 4.74 Å². The number of nitrogens with one attached hydrogen (secondary N) is 2. The lowest BCUT2D eigenvalue weighted by Crippen LogP contribution is -2.34. The van der Waals surface area contributed by atoms with Crippen molar-refractivity contribution >= 4 is 17.6 Å². The maximum atomic E-state index is 13.5. The van der Waals surface area contributed by atoms with Crippen LogP contribution in [-0.2, 0) is 20.9 Å². The largest absolute Gasteiger partial charge is 0.508 e. The van der Waals surface area contributed by atoms with E-state index in [1.807, 2.05) is 0 Å². The SMILES string of the molecule is CC(F)(F)[C@@H](CF)OCc1cccc(-c2cc(NC(=O)[C@@H]3CNC(=O)C3)nn2-c2cccc(O)c2)c1. The Kier molecular flexibility index (Phi) is 7.30. The normalized spacial score (nSPS) is 16.6. The lowest BCUT2D eigenvalue weighted by atomic mass is 10.1. The number of halogens is 3. The summed E-state index contributed by atoms with van der Waals surface area (Å²) in [5.74, 6) is -4.17. The fourth-order valence-electron chi connectivity index (χ4n) is 3.83. The molecule has 3 aromatic rings. The summed E-state index contributed by atoms with van der Waals surface area (Å²) in [6, 6.07) is 14.8. The quantitative estimate of drug-likeness (QED) is 0.413. The van der Waals surface area contributed by atoms with Crippen LogP contribution in [0.4, 0.5) is 19.0 Å². The third-order valence-electron chi connectivity index (χ3n) is 5.76. The predicted octanol–water partition coefficient (Wildman–Crippen LogP) is 3.83. The van der Waals surface area contributed by atoms with Gasteiger partial charge in [-0.3, -0.25) is 9.59 Å². The second-order valence-electron chi connectivity index (χ2n) is 8.65. The predicted molar refractivity (Wildman–Crippen MR) is 126 cm³/mol. The highest BCUT2D eigenvalue weighted by molar-refractivity contribution is 5.97. The molecule has 0 unspecified atom stereocenters. The Morgan fingerprint density at radius 2 is 2.06 bits per heavy atom. The van der Waals surface area contributed by atoms with Crippen LogP contribution in [0.5, 0.6) is 5.75 Å². The van der Waals surface area contributed by atoms with Crippen LogP contribution in [0.15, 0.2) is 54.6 Å². The van der Waals surface area contributed by atoms with Gasteiger partial charge in [-0.25, -0.2) is 17.9 Å². The van der Waals surface area contributed by atoms with Crippen molar-refractivity contribution in [1.82, 2.24) is 15.1 Å². The standard InChI is InChI=1S/C25H25F3N4O4/c1-25(27,28)21(12-26)36-14-15-4-2-5-16(8-15)20-11-22(30-24(35)17-9-23(34)29-13-17)31-32(20)18-6-3-7-19(33)10-18/h2-8,10-11,17,21,33H,9,12-14H2,1H3,(H,29,34)(H,30,31,35)/t17-,21+/m0/s1. The topological polar surface area (TPSA) is 105 Å². The molecule has 0 bridgehead atoms. The van der Waals surface area contributed by atoms with Crippen molar-refractivity contribution in [3.63, 3.8) is 0 Å². The lowest BCUT2D eigenvalue weighted by molar-refractivity contribution is -0.137. The van der Waals surface area contributed by atoms with Crippen LogP contribution < -0.4 is 10.6 Å². The summed E-state index contributed by atoms with van der Waals surface area (Å²) in [6.07, 6.45) is -1.78. The van der Waals surface area contributed by atoms with E-state index in [0.717, 1.165) is 0 Å². The Morgan fingerprint density at radius 3 is 2.72 bits per heavy atom. The summed E-state index contributed by atoms with van der Waals surface area (Å²) in [5, 5.41) is 19.8. The Bertz CT molecular complexity index is 1260. The number of ether oxygens (including phenoxy) is 1. The van der Waals surface area contributed by atoms with Crippen molar-refractivity contribution in [3.8, 4) is 22.7 Å². The smallest absolute Gasteiger partial charge is 0.273 e. The molecule has 1 saturated heterocycles. The summed E-state index contributed by atoms with van der Waals surface area (Å²) in [6.45, 7) is -0.713. The lowest BCUT2D eigenvalue weighted by Gasteiger charge is -2.21. The number of phenols is 1. The van der Waals surface area contributed by atoms with Gasteiger partial charge >= 0.3 is 0 Å². The molecule has 3 N–H and O–H groups in total. The second kappa shape index (κ2) is 10.4. The molecule has 2 heterocycles. The molecular weight excluding hydrogens is 477 g/mol. The molecule has 11 heteroatoms. The average molecular weight is 502 g/mol. The van der Waals surface area contributed by atoms with Crippen molar-refractivity contribution < 1.29 is 32.6 Å². The van der Waals surface area contributed by atoms with Crippen molar-refractivity contribution in [2.24, 2.45) is 5.92 Å². The highest BCUT2D eigenvalue weighted by atomic mass is 19.3. The van der Waals surface area contributed by atoms with Gasteiger partial charge in [0, 0.05) is 37.6 Å². The summed E-state index contributed by atoms with van der Waals surface area (Å²) in [4.78, 5) is 24.1. The van der Waals surface area contributed by atoms with Gasteiger partial charge in [-0.05, 0) is 23.8 Å². The molecule has 1 aromatic heterocycles. The van der Waals surface area contributed by atoms with Gasteiger partial charge in [0.2, 0.25) is 11.8 Å². The van der Waals surface area contributed by atoms with Gasteiger partial charge in [0.05, 0.1) is 23.9 Å². The molecule has 36 heavy (non-hydrogen) atoms. The van der Waals surface area contributed by atoms with Gasteiger partial charge in [-0.1, -0.05) is 24.3 Å². The van der Waals surface area contributed by atoms with Crippen molar-refractivity contribution in [1.29, 1.82) is 0 Å². The average Bonchev–Trinajstić information content (AvgIpc) is 3.45. The van der Waals surface area contributed by atoms with Gasteiger partial charge in [0.15, 0.2) is 5.82 Å². The van der Waals surface area contributed by atoms with Crippen molar-refractivity contribution in [2.45, 2.75) is 32.0 Å². The monoisotopic (exact) mass is 502 g/mol. The zero-order chi connectivity index (χ0) is 25.9. The number of amides is 2. The number of hydrogen-bond donors (Lipinski definition) is 3.